The maximum atomic E-state index is 15.1. The topological polar surface area (TPSA) is 102 Å². The predicted octanol–water partition coefficient (Wildman–Crippen LogP) is 6.61. The number of anilines is 3. The molecule has 1 aliphatic heterocycles. The summed E-state index contributed by atoms with van der Waals surface area (Å²) in [6.45, 7) is 12.3. The molecule has 0 aliphatic carbocycles. The van der Waals surface area contributed by atoms with E-state index in [1.54, 1.807) is 50.6 Å². The summed E-state index contributed by atoms with van der Waals surface area (Å²) in [4.78, 5) is 29.0. The van der Waals surface area contributed by atoms with Crippen LogP contribution < -0.4 is 29.2 Å². The van der Waals surface area contributed by atoms with E-state index in [4.69, 9.17) is 18.9 Å². The summed E-state index contributed by atoms with van der Waals surface area (Å²) in [5.41, 5.74) is 2.73. The molecule has 1 aromatic heterocycles. The number of halogens is 1. The Balaban J connectivity index is 1.30. The van der Waals surface area contributed by atoms with Gasteiger partial charge in [0.15, 0.2) is 11.6 Å². The molecule has 49 heavy (non-hydrogen) atoms. The van der Waals surface area contributed by atoms with Crippen LogP contribution in [0.25, 0.3) is 0 Å². The number of para-hydroxylation sites is 1. The van der Waals surface area contributed by atoms with Crippen LogP contribution in [0.15, 0.2) is 66.9 Å². The predicted molar refractivity (Wildman–Crippen MR) is 188 cm³/mol. The van der Waals surface area contributed by atoms with Gasteiger partial charge in [0, 0.05) is 56.2 Å². The molecule has 5 rings (SSSR count). The summed E-state index contributed by atoms with van der Waals surface area (Å²) >= 11 is 0. The Morgan fingerprint density at radius 1 is 0.918 bits per heavy atom. The number of carbonyl (C=O) groups excluding carboxylic acids is 1. The van der Waals surface area contributed by atoms with Gasteiger partial charge in [-0.05, 0) is 74.3 Å². The lowest BCUT2D eigenvalue weighted by Crippen LogP contribution is -2.47. The molecule has 1 saturated heterocycles. The van der Waals surface area contributed by atoms with Gasteiger partial charge >= 0.3 is 6.09 Å². The summed E-state index contributed by atoms with van der Waals surface area (Å²) in [7, 11) is 3.13. The molecule has 0 atom stereocenters. The third-order valence-electron chi connectivity index (χ3n) is 8.41. The van der Waals surface area contributed by atoms with Crippen molar-refractivity contribution in [1.82, 2.24) is 19.8 Å². The number of rotatable bonds is 14. The van der Waals surface area contributed by atoms with Gasteiger partial charge in [0.25, 0.3) is 0 Å². The zero-order valence-electron chi connectivity index (χ0n) is 28.9. The van der Waals surface area contributed by atoms with E-state index in [1.165, 1.54) is 17.2 Å². The number of carbonyl (C=O) groups is 1. The van der Waals surface area contributed by atoms with Gasteiger partial charge in [0.05, 0.1) is 20.8 Å². The normalized spacial score (nSPS) is 13.5. The number of methoxy groups -OCH3 is 2. The lowest BCUT2D eigenvalue weighted by atomic mass is 10.1. The van der Waals surface area contributed by atoms with E-state index in [1.807, 2.05) is 32.0 Å². The second-order valence-electron chi connectivity index (χ2n) is 11.9. The number of aryl methyl sites for hydroxylation is 2. The van der Waals surface area contributed by atoms with Crippen LogP contribution in [0, 0.1) is 19.7 Å². The summed E-state index contributed by atoms with van der Waals surface area (Å²) in [6.07, 6.45) is 2.02. The van der Waals surface area contributed by atoms with Crippen LogP contribution in [-0.4, -0.2) is 86.0 Å². The number of hydrogen-bond donors (Lipinski definition) is 1. The highest BCUT2D eigenvalue weighted by molar-refractivity contribution is 5.88. The first-order valence-electron chi connectivity index (χ1n) is 16.5. The fourth-order valence-corrected chi connectivity index (χ4v) is 5.74. The molecule has 1 fully saturated rings. The Kier molecular flexibility index (Phi) is 12.2. The minimum Gasteiger partial charge on any atom is -0.497 e. The largest absolute Gasteiger partial charge is 0.497 e. The number of ether oxygens (including phenoxy) is 4. The third-order valence-corrected chi connectivity index (χ3v) is 8.41. The van der Waals surface area contributed by atoms with Crippen molar-refractivity contribution in [2.75, 3.05) is 70.3 Å². The summed E-state index contributed by atoms with van der Waals surface area (Å²) in [6, 6.07) is 17.2. The molecular weight excluding hydrogens is 627 g/mol. The smallest absolute Gasteiger partial charge is 0.421 e. The standard InChI is InChI=1S/C37H45FN6O5/c1-6-16-42-17-19-43(20-18-42)21-22-48-33-12-10-29(24-31(33)38)40-36-39-15-14-34(41-36)44(25-28-23-30(46-4)11-13-32(28)47-5)37(45)49-35-26(2)8-7-9-27(35)3/h7-15,23-24H,6,16-22,25H2,1-5H3,(H,39,40,41). The molecular formula is C37H45FN6O5. The van der Waals surface area contributed by atoms with Gasteiger partial charge in [-0.2, -0.15) is 4.98 Å². The monoisotopic (exact) mass is 672 g/mol. The number of aromatic nitrogens is 2. The lowest BCUT2D eigenvalue weighted by Gasteiger charge is -2.34. The van der Waals surface area contributed by atoms with E-state index in [0.717, 1.165) is 56.8 Å². The molecule has 0 bridgehead atoms. The Labute approximate surface area is 287 Å². The van der Waals surface area contributed by atoms with E-state index in [0.29, 0.717) is 35.1 Å². The highest BCUT2D eigenvalue weighted by Gasteiger charge is 2.24. The van der Waals surface area contributed by atoms with Crippen molar-refractivity contribution in [3.05, 3.63) is 89.4 Å². The van der Waals surface area contributed by atoms with E-state index in [-0.39, 0.29) is 24.1 Å². The number of amides is 1. The van der Waals surface area contributed by atoms with Crippen LogP contribution in [0.5, 0.6) is 23.0 Å². The first kappa shape index (κ1) is 35.4. The molecule has 1 amide bonds. The minimum atomic E-state index is -0.651. The van der Waals surface area contributed by atoms with Crippen molar-refractivity contribution < 1.29 is 28.1 Å². The third kappa shape index (κ3) is 9.36. The van der Waals surface area contributed by atoms with E-state index in [2.05, 4.69) is 32.0 Å². The van der Waals surface area contributed by atoms with Crippen molar-refractivity contribution in [2.24, 2.45) is 0 Å². The van der Waals surface area contributed by atoms with Gasteiger partial charge in [0.1, 0.15) is 29.7 Å². The molecule has 1 N–H and O–H groups in total. The van der Waals surface area contributed by atoms with Crippen LogP contribution in [0.3, 0.4) is 0 Å². The number of hydrogen-bond acceptors (Lipinski definition) is 10. The Morgan fingerprint density at radius 3 is 2.31 bits per heavy atom. The number of nitrogens with one attached hydrogen (secondary N) is 1. The molecule has 2 heterocycles. The van der Waals surface area contributed by atoms with Crippen LogP contribution in [0.4, 0.5) is 26.6 Å². The second kappa shape index (κ2) is 16.9. The molecule has 11 nitrogen and oxygen atoms in total. The minimum absolute atomic E-state index is 0.0513. The molecule has 0 radical (unpaired) electrons. The molecule has 12 heteroatoms. The molecule has 0 unspecified atom stereocenters. The average Bonchev–Trinajstić information content (AvgIpc) is 3.10. The molecule has 4 aromatic rings. The van der Waals surface area contributed by atoms with Crippen molar-refractivity contribution in [2.45, 2.75) is 33.7 Å². The number of piperazine rings is 1. The van der Waals surface area contributed by atoms with Gasteiger partial charge in [-0.3, -0.25) is 9.80 Å². The molecule has 0 spiro atoms. The van der Waals surface area contributed by atoms with Gasteiger partial charge in [0.2, 0.25) is 5.95 Å². The fourth-order valence-electron chi connectivity index (χ4n) is 5.74. The fraction of sp³-hybridized carbons (Fsp3) is 0.378. The Bertz CT molecular complexity index is 1690. The number of nitrogens with zero attached hydrogens (tertiary/aromatic N) is 5. The first-order valence-corrected chi connectivity index (χ1v) is 16.5. The van der Waals surface area contributed by atoms with Crippen molar-refractivity contribution in [1.29, 1.82) is 0 Å². The quantitative estimate of drug-likeness (QED) is 0.158. The summed E-state index contributed by atoms with van der Waals surface area (Å²) < 4.78 is 37.8. The first-order chi connectivity index (χ1) is 23.8. The summed E-state index contributed by atoms with van der Waals surface area (Å²) in [5.74, 6) is 1.73. The van der Waals surface area contributed by atoms with E-state index >= 15 is 4.39 Å². The maximum Gasteiger partial charge on any atom is 0.421 e. The van der Waals surface area contributed by atoms with Crippen molar-refractivity contribution in [3.63, 3.8) is 0 Å². The van der Waals surface area contributed by atoms with Gasteiger partial charge in [-0.25, -0.2) is 14.2 Å². The van der Waals surface area contributed by atoms with E-state index in [9.17, 15) is 4.79 Å². The zero-order valence-corrected chi connectivity index (χ0v) is 28.9. The zero-order chi connectivity index (χ0) is 34.8. The average molecular weight is 673 g/mol. The lowest BCUT2D eigenvalue weighted by molar-refractivity contribution is 0.116. The van der Waals surface area contributed by atoms with Crippen molar-refractivity contribution in [3.8, 4) is 23.0 Å². The molecule has 260 valence electrons. The highest BCUT2D eigenvalue weighted by atomic mass is 19.1. The second-order valence-corrected chi connectivity index (χ2v) is 11.9. The van der Waals surface area contributed by atoms with Gasteiger partial charge in [-0.15, -0.1) is 0 Å². The van der Waals surface area contributed by atoms with Crippen LogP contribution >= 0.6 is 0 Å². The van der Waals surface area contributed by atoms with Crippen molar-refractivity contribution >= 4 is 23.5 Å². The van der Waals surface area contributed by atoms with E-state index < -0.39 is 11.9 Å². The Hall–Kier alpha value is -4.94. The van der Waals surface area contributed by atoms with Crippen LogP contribution in [0.2, 0.25) is 0 Å². The SMILES string of the molecule is CCCN1CCN(CCOc2ccc(Nc3nccc(N(Cc4cc(OC)ccc4OC)C(=O)Oc4c(C)cccc4C)n3)cc2F)CC1. The molecule has 0 saturated carbocycles. The highest BCUT2D eigenvalue weighted by Crippen LogP contribution is 2.30. The van der Waals surface area contributed by atoms with Crippen LogP contribution in [-0.2, 0) is 6.54 Å². The van der Waals surface area contributed by atoms with Gasteiger partial charge in [-0.1, -0.05) is 25.1 Å². The maximum absolute atomic E-state index is 15.1. The van der Waals surface area contributed by atoms with Gasteiger partial charge < -0.3 is 29.2 Å². The molecule has 3 aromatic carbocycles. The number of benzene rings is 3. The molecule has 1 aliphatic rings. The summed E-state index contributed by atoms with van der Waals surface area (Å²) in [5, 5.41) is 3.05. The van der Waals surface area contributed by atoms with Crippen LogP contribution in [0.1, 0.15) is 30.0 Å². The Morgan fingerprint density at radius 2 is 1.63 bits per heavy atom.